The van der Waals surface area contributed by atoms with E-state index < -0.39 is 0 Å². The van der Waals surface area contributed by atoms with E-state index in [9.17, 15) is 4.79 Å². The molecule has 0 radical (unpaired) electrons. The van der Waals surface area contributed by atoms with Gasteiger partial charge in [0.25, 0.3) is 5.91 Å². The van der Waals surface area contributed by atoms with Crippen molar-refractivity contribution in [3.8, 4) is 0 Å². The molecular weight excluding hydrogens is 280 g/mol. The number of anilines is 1. The minimum Gasteiger partial charge on any atom is -0.397 e. The Labute approximate surface area is 129 Å². The highest BCUT2D eigenvalue weighted by atomic mass is 32.1. The van der Waals surface area contributed by atoms with Crippen LogP contribution in [0.25, 0.3) is 10.1 Å². The smallest absolute Gasteiger partial charge is 0.263 e. The molecule has 1 aromatic heterocycles. The summed E-state index contributed by atoms with van der Waals surface area (Å²) in [5.41, 5.74) is 6.77. The second-order valence-corrected chi connectivity index (χ2v) is 7.18. The third-order valence-corrected chi connectivity index (χ3v) is 5.62. The van der Waals surface area contributed by atoms with Crippen molar-refractivity contribution in [1.82, 2.24) is 5.32 Å². The van der Waals surface area contributed by atoms with Gasteiger partial charge in [0.1, 0.15) is 4.88 Å². The molecule has 0 aliphatic heterocycles. The Morgan fingerprint density at radius 2 is 2.05 bits per heavy atom. The standard InChI is InChI=1S/C17H22N2OS/c1-11-5-4-6-12(10-9-11)19-17(20)16-15(18)13-7-2-3-8-14(13)21-16/h2-3,7-8,11-12H,4-6,9-10,18H2,1H3,(H,19,20). The number of nitrogens with one attached hydrogen (secondary N) is 1. The number of thiophene rings is 1. The normalized spacial score (nSPS) is 22.9. The lowest BCUT2D eigenvalue weighted by Gasteiger charge is -2.16. The van der Waals surface area contributed by atoms with Gasteiger partial charge in [-0.1, -0.05) is 38.0 Å². The number of carbonyl (C=O) groups excluding carboxylic acids is 1. The highest BCUT2D eigenvalue weighted by molar-refractivity contribution is 7.21. The summed E-state index contributed by atoms with van der Waals surface area (Å²) in [4.78, 5) is 13.2. The minimum absolute atomic E-state index is 0.00625. The molecular formula is C17H22N2OS. The van der Waals surface area contributed by atoms with Crippen LogP contribution in [-0.2, 0) is 0 Å². The number of nitrogens with two attached hydrogens (primary N) is 1. The number of hydrogen-bond donors (Lipinski definition) is 2. The fourth-order valence-corrected chi connectivity index (χ4v) is 4.14. The average Bonchev–Trinajstić information content (AvgIpc) is 2.68. The summed E-state index contributed by atoms with van der Waals surface area (Å²) >= 11 is 1.49. The summed E-state index contributed by atoms with van der Waals surface area (Å²) in [7, 11) is 0. The van der Waals surface area contributed by atoms with Crippen LogP contribution in [0.2, 0.25) is 0 Å². The Hall–Kier alpha value is -1.55. The molecule has 1 aliphatic carbocycles. The first kappa shape index (κ1) is 14.4. The second kappa shape index (κ2) is 6.06. The van der Waals surface area contributed by atoms with Gasteiger partial charge >= 0.3 is 0 Å². The van der Waals surface area contributed by atoms with Gasteiger partial charge in [-0.2, -0.15) is 0 Å². The van der Waals surface area contributed by atoms with Gasteiger partial charge in [-0.25, -0.2) is 0 Å². The lowest BCUT2D eigenvalue weighted by molar-refractivity contribution is 0.0938. The third kappa shape index (κ3) is 3.05. The van der Waals surface area contributed by atoms with E-state index in [2.05, 4.69) is 12.2 Å². The average molecular weight is 302 g/mol. The van der Waals surface area contributed by atoms with Gasteiger partial charge in [-0.05, 0) is 31.2 Å². The summed E-state index contributed by atoms with van der Waals surface area (Å²) in [6.45, 7) is 2.30. The van der Waals surface area contributed by atoms with Crippen molar-refractivity contribution in [2.24, 2.45) is 5.92 Å². The van der Waals surface area contributed by atoms with Gasteiger partial charge in [0, 0.05) is 16.1 Å². The molecule has 112 valence electrons. The first-order valence-electron chi connectivity index (χ1n) is 7.73. The monoisotopic (exact) mass is 302 g/mol. The Kier molecular flexibility index (Phi) is 4.15. The maximum absolute atomic E-state index is 12.5. The summed E-state index contributed by atoms with van der Waals surface area (Å²) in [6.07, 6.45) is 5.84. The van der Waals surface area contributed by atoms with Gasteiger partial charge in [0.05, 0.1) is 5.69 Å². The van der Waals surface area contributed by atoms with Gasteiger partial charge < -0.3 is 11.1 Å². The molecule has 1 aliphatic rings. The zero-order valence-electron chi connectivity index (χ0n) is 12.4. The van der Waals surface area contributed by atoms with Crippen molar-refractivity contribution in [1.29, 1.82) is 0 Å². The third-order valence-electron chi connectivity index (χ3n) is 4.43. The molecule has 3 N–H and O–H groups in total. The molecule has 2 unspecified atom stereocenters. The number of carbonyl (C=O) groups is 1. The molecule has 1 fully saturated rings. The Balaban J connectivity index is 1.76. The quantitative estimate of drug-likeness (QED) is 0.818. The fraction of sp³-hybridized carbons (Fsp3) is 0.471. The predicted molar refractivity (Wildman–Crippen MR) is 89.7 cm³/mol. The Morgan fingerprint density at radius 1 is 1.24 bits per heavy atom. The van der Waals surface area contributed by atoms with Crippen LogP contribution >= 0.6 is 11.3 Å². The molecule has 1 saturated carbocycles. The minimum atomic E-state index is -0.00625. The van der Waals surface area contributed by atoms with Crippen LogP contribution in [0, 0.1) is 5.92 Å². The van der Waals surface area contributed by atoms with E-state index in [0.29, 0.717) is 16.6 Å². The van der Waals surface area contributed by atoms with Crippen molar-refractivity contribution in [2.45, 2.75) is 45.1 Å². The molecule has 21 heavy (non-hydrogen) atoms. The topological polar surface area (TPSA) is 55.1 Å². The molecule has 1 aromatic carbocycles. The number of benzene rings is 1. The van der Waals surface area contributed by atoms with Gasteiger partial charge in [-0.3, -0.25) is 4.79 Å². The Morgan fingerprint density at radius 3 is 2.86 bits per heavy atom. The largest absolute Gasteiger partial charge is 0.397 e. The molecule has 4 heteroatoms. The van der Waals surface area contributed by atoms with Crippen molar-refractivity contribution in [2.75, 3.05) is 5.73 Å². The van der Waals surface area contributed by atoms with Gasteiger partial charge in [0.2, 0.25) is 0 Å². The van der Waals surface area contributed by atoms with Crippen LogP contribution in [0.1, 0.15) is 48.7 Å². The first-order valence-corrected chi connectivity index (χ1v) is 8.54. The zero-order chi connectivity index (χ0) is 14.8. The van der Waals surface area contributed by atoms with Crippen LogP contribution in [0.5, 0.6) is 0 Å². The fourth-order valence-electron chi connectivity index (χ4n) is 3.12. The molecule has 1 amide bonds. The van der Waals surface area contributed by atoms with Crippen molar-refractivity contribution < 1.29 is 4.79 Å². The van der Waals surface area contributed by atoms with Crippen molar-refractivity contribution >= 4 is 33.0 Å². The number of fused-ring (bicyclic) bond motifs is 1. The van der Waals surface area contributed by atoms with E-state index >= 15 is 0 Å². The number of hydrogen-bond acceptors (Lipinski definition) is 3. The van der Waals surface area contributed by atoms with Crippen molar-refractivity contribution in [3.05, 3.63) is 29.1 Å². The lowest BCUT2D eigenvalue weighted by Crippen LogP contribution is -2.34. The summed E-state index contributed by atoms with van der Waals surface area (Å²) in [5, 5.41) is 4.18. The molecule has 3 rings (SSSR count). The van der Waals surface area contributed by atoms with E-state index in [1.165, 1.54) is 30.6 Å². The van der Waals surface area contributed by atoms with Crippen LogP contribution in [0.4, 0.5) is 5.69 Å². The van der Waals surface area contributed by atoms with Crippen molar-refractivity contribution in [3.63, 3.8) is 0 Å². The first-order chi connectivity index (χ1) is 10.1. The lowest BCUT2D eigenvalue weighted by atomic mass is 10.0. The number of amides is 1. The molecule has 0 spiro atoms. The van der Waals surface area contributed by atoms with E-state index in [1.807, 2.05) is 24.3 Å². The summed E-state index contributed by atoms with van der Waals surface area (Å²) < 4.78 is 1.08. The molecule has 2 aromatic rings. The van der Waals surface area contributed by atoms with Crippen LogP contribution in [-0.4, -0.2) is 11.9 Å². The molecule has 0 saturated heterocycles. The number of rotatable bonds is 2. The maximum Gasteiger partial charge on any atom is 0.263 e. The van der Waals surface area contributed by atoms with Crippen LogP contribution in [0.15, 0.2) is 24.3 Å². The molecule has 3 nitrogen and oxygen atoms in total. The summed E-state index contributed by atoms with van der Waals surface area (Å²) in [6, 6.07) is 8.23. The predicted octanol–water partition coefficient (Wildman–Crippen LogP) is 4.18. The highest BCUT2D eigenvalue weighted by Crippen LogP contribution is 2.33. The maximum atomic E-state index is 12.5. The van der Waals surface area contributed by atoms with Gasteiger partial charge in [-0.15, -0.1) is 11.3 Å². The van der Waals surface area contributed by atoms with E-state index in [0.717, 1.165) is 28.8 Å². The highest BCUT2D eigenvalue weighted by Gasteiger charge is 2.21. The number of nitrogen functional groups attached to an aromatic ring is 1. The zero-order valence-corrected chi connectivity index (χ0v) is 13.2. The van der Waals surface area contributed by atoms with E-state index in [-0.39, 0.29) is 5.91 Å². The second-order valence-electron chi connectivity index (χ2n) is 6.12. The van der Waals surface area contributed by atoms with Gasteiger partial charge in [0.15, 0.2) is 0 Å². The molecule has 0 bridgehead atoms. The molecule has 1 heterocycles. The van der Waals surface area contributed by atoms with E-state index in [4.69, 9.17) is 5.73 Å². The SMILES string of the molecule is CC1CCCC(NC(=O)c2sc3ccccc3c2N)CC1. The molecule has 2 atom stereocenters. The summed E-state index contributed by atoms with van der Waals surface area (Å²) in [5.74, 6) is 0.773. The Bertz CT molecular complexity index is 649. The van der Waals surface area contributed by atoms with Crippen LogP contribution in [0.3, 0.4) is 0 Å². The van der Waals surface area contributed by atoms with Crippen LogP contribution < -0.4 is 11.1 Å². The van der Waals surface area contributed by atoms with E-state index in [1.54, 1.807) is 0 Å².